The number of aromatic nitrogens is 2. The standard InChI is InChI=1S/C12H22N4O/c1-3-11-14-15-12(17-11)8-16-6-4-5-10(7-16)9(2)13/h9-10H,3-8,13H2,1-2H3. The van der Waals surface area contributed by atoms with Crippen molar-refractivity contribution in [1.29, 1.82) is 0 Å². The lowest BCUT2D eigenvalue weighted by Gasteiger charge is -2.33. The van der Waals surface area contributed by atoms with Crippen molar-refractivity contribution in [2.45, 2.75) is 45.7 Å². The molecule has 17 heavy (non-hydrogen) atoms. The van der Waals surface area contributed by atoms with Crippen LogP contribution in [0.2, 0.25) is 0 Å². The number of rotatable bonds is 4. The molecule has 0 aromatic carbocycles. The summed E-state index contributed by atoms with van der Waals surface area (Å²) in [5.41, 5.74) is 5.97. The minimum absolute atomic E-state index is 0.270. The summed E-state index contributed by atoms with van der Waals surface area (Å²) in [6.45, 7) is 7.02. The summed E-state index contributed by atoms with van der Waals surface area (Å²) in [4.78, 5) is 2.37. The van der Waals surface area contributed by atoms with E-state index in [1.54, 1.807) is 0 Å². The molecule has 5 heteroatoms. The predicted octanol–water partition coefficient (Wildman–Crippen LogP) is 1.19. The van der Waals surface area contributed by atoms with Crippen LogP contribution >= 0.6 is 0 Å². The van der Waals surface area contributed by atoms with Gasteiger partial charge in [-0.05, 0) is 32.2 Å². The Morgan fingerprint density at radius 3 is 2.88 bits per heavy atom. The molecule has 0 saturated carbocycles. The molecule has 1 fully saturated rings. The largest absolute Gasteiger partial charge is 0.424 e. The number of nitrogens with zero attached hydrogens (tertiary/aromatic N) is 3. The summed E-state index contributed by atoms with van der Waals surface area (Å²) in [6, 6.07) is 0.270. The Hall–Kier alpha value is -0.940. The summed E-state index contributed by atoms with van der Waals surface area (Å²) in [5.74, 6) is 2.05. The van der Waals surface area contributed by atoms with Crippen LogP contribution in [0.1, 0.15) is 38.5 Å². The number of piperidine rings is 1. The second-order valence-corrected chi connectivity index (χ2v) is 4.94. The molecule has 0 aliphatic carbocycles. The predicted molar refractivity (Wildman–Crippen MR) is 65.3 cm³/mol. The minimum atomic E-state index is 0.270. The summed E-state index contributed by atoms with van der Waals surface area (Å²) in [7, 11) is 0. The van der Waals surface area contributed by atoms with Crippen LogP contribution in [0.3, 0.4) is 0 Å². The van der Waals surface area contributed by atoms with Crippen molar-refractivity contribution in [2.75, 3.05) is 13.1 Å². The topological polar surface area (TPSA) is 68.2 Å². The Balaban J connectivity index is 1.90. The van der Waals surface area contributed by atoms with Crippen molar-refractivity contribution < 1.29 is 4.42 Å². The average Bonchev–Trinajstić information content (AvgIpc) is 2.77. The fraction of sp³-hybridized carbons (Fsp3) is 0.833. The van der Waals surface area contributed by atoms with Crippen molar-refractivity contribution in [3.8, 4) is 0 Å². The first-order valence-corrected chi connectivity index (χ1v) is 6.48. The van der Waals surface area contributed by atoms with Gasteiger partial charge in [0, 0.05) is 19.0 Å². The molecular formula is C12H22N4O. The molecule has 2 rings (SSSR count). The molecule has 1 aliphatic rings. The van der Waals surface area contributed by atoms with Gasteiger partial charge in [-0.15, -0.1) is 10.2 Å². The zero-order valence-electron chi connectivity index (χ0n) is 10.7. The Kier molecular flexibility index (Phi) is 4.12. The Bertz CT molecular complexity index is 350. The summed E-state index contributed by atoms with van der Waals surface area (Å²) < 4.78 is 5.54. The first kappa shape index (κ1) is 12.5. The first-order valence-electron chi connectivity index (χ1n) is 6.48. The quantitative estimate of drug-likeness (QED) is 0.853. The van der Waals surface area contributed by atoms with E-state index in [9.17, 15) is 0 Å². The molecular weight excluding hydrogens is 216 g/mol. The van der Waals surface area contributed by atoms with Gasteiger partial charge >= 0.3 is 0 Å². The molecule has 96 valence electrons. The fourth-order valence-electron chi connectivity index (χ4n) is 2.35. The molecule has 0 amide bonds. The third-order valence-electron chi connectivity index (χ3n) is 3.46. The van der Waals surface area contributed by atoms with E-state index >= 15 is 0 Å². The van der Waals surface area contributed by atoms with E-state index < -0.39 is 0 Å². The van der Waals surface area contributed by atoms with E-state index in [0.29, 0.717) is 5.92 Å². The van der Waals surface area contributed by atoms with Gasteiger partial charge < -0.3 is 10.2 Å². The van der Waals surface area contributed by atoms with Gasteiger partial charge in [0.25, 0.3) is 0 Å². The smallest absolute Gasteiger partial charge is 0.230 e. The third kappa shape index (κ3) is 3.26. The van der Waals surface area contributed by atoms with Crippen LogP contribution < -0.4 is 5.73 Å². The van der Waals surface area contributed by atoms with Crippen LogP contribution in [0.5, 0.6) is 0 Å². The van der Waals surface area contributed by atoms with Crippen LogP contribution in [-0.4, -0.2) is 34.2 Å². The van der Waals surface area contributed by atoms with Crippen LogP contribution in [0, 0.1) is 5.92 Å². The lowest BCUT2D eigenvalue weighted by Crippen LogP contribution is -2.41. The zero-order chi connectivity index (χ0) is 12.3. The van der Waals surface area contributed by atoms with Crippen LogP contribution in [-0.2, 0) is 13.0 Å². The maximum atomic E-state index is 5.97. The second-order valence-electron chi connectivity index (χ2n) is 4.94. The number of hydrogen-bond donors (Lipinski definition) is 1. The van der Waals surface area contributed by atoms with Gasteiger partial charge in [0.05, 0.1) is 6.54 Å². The monoisotopic (exact) mass is 238 g/mol. The fourth-order valence-corrected chi connectivity index (χ4v) is 2.35. The average molecular weight is 238 g/mol. The molecule has 1 aliphatic heterocycles. The van der Waals surface area contributed by atoms with E-state index in [1.807, 2.05) is 6.92 Å². The van der Waals surface area contributed by atoms with Gasteiger partial charge in [0.1, 0.15) is 0 Å². The SMILES string of the molecule is CCc1nnc(CN2CCCC(C(C)N)C2)o1. The van der Waals surface area contributed by atoms with E-state index in [-0.39, 0.29) is 6.04 Å². The molecule has 2 atom stereocenters. The zero-order valence-corrected chi connectivity index (χ0v) is 10.7. The van der Waals surface area contributed by atoms with Gasteiger partial charge in [-0.1, -0.05) is 6.92 Å². The van der Waals surface area contributed by atoms with E-state index in [4.69, 9.17) is 10.2 Å². The molecule has 1 saturated heterocycles. The van der Waals surface area contributed by atoms with Crippen molar-refractivity contribution >= 4 is 0 Å². The summed E-state index contributed by atoms with van der Waals surface area (Å²) in [5, 5.41) is 8.05. The molecule has 2 heterocycles. The Morgan fingerprint density at radius 1 is 1.47 bits per heavy atom. The Morgan fingerprint density at radius 2 is 2.24 bits per heavy atom. The van der Waals surface area contributed by atoms with Gasteiger partial charge in [0.15, 0.2) is 0 Å². The lowest BCUT2D eigenvalue weighted by atomic mass is 9.92. The molecule has 0 spiro atoms. The van der Waals surface area contributed by atoms with Gasteiger partial charge in [-0.2, -0.15) is 0 Å². The van der Waals surface area contributed by atoms with Crippen LogP contribution in [0.25, 0.3) is 0 Å². The highest BCUT2D eigenvalue weighted by molar-refractivity contribution is 4.84. The highest BCUT2D eigenvalue weighted by Crippen LogP contribution is 2.20. The van der Waals surface area contributed by atoms with Gasteiger partial charge in [0.2, 0.25) is 11.8 Å². The van der Waals surface area contributed by atoms with Gasteiger partial charge in [-0.3, -0.25) is 4.90 Å². The number of hydrogen-bond acceptors (Lipinski definition) is 5. The van der Waals surface area contributed by atoms with Crippen molar-refractivity contribution in [3.63, 3.8) is 0 Å². The molecule has 1 aromatic heterocycles. The van der Waals surface area contributed by atoms with E-state index in [0.717, 1.165) is 37.8 Å². The number of nitrogens with two attached hydrogens (primary N) is 1. The maximum Gasteiger partial charge on any atom is 0.230 e. The molecule has 2 N–H and O–H groups in total. The summed E-state index contributed by atoms with van der Waals surface area (Å²) >= 11 is 0. The van der Waals surface area contributed by atoms with Crippen molar-refractivity contribution in [2.24, 2.45) is 11.7 Å². The normalized spacial score (nSPS) is 23.8. The maximum absolute atomic E-state index is 5.97. The summed E-state index contributed by atoms with van der Waals surface area (Å²) in [6.07, 6.45) is 3.24. The third-order valence-corrected chi connectivity index (χ3v) is 3.46. The van der Waals surface area contributed by atoms with E-state index in [1.165, 1.54) is 12.8 Å². The Labute approximate surface area is 102 Å². The molecule has 0 bridgehead atoms. The number of aryl methyl sites for hydroxylation is 1. The highest BCUT2D eigenvalue weighted by Gasteiger charge is 2.23. The molecule has 1 aromatic rings. The number of likely N-dealkylation sites (tertiary alicyclic amines) is 1. The van der Waals surface area contributed by atoms with Crippen LogP contribution in [0.15, 0.2) is 4.42 Å². The lowest BCUT2D eigenvalue weighted by molar-refractivity contribution is 0.142. The molecule has 5 nitrogen and oxygen atoms in total. The highest BCUT2D eigenvalue weighted by atomic mass is 16.4. The van der Waals surface area contributed by atoms with Crippen LogP contribution in [0.4, 0.5) is 0 Å². The van der Waals surface area contributed by atoms with E-state index in [2.05, 4.69) is 22.0 Å². The molecule has 2 unspecified atom stereocenters. The second kappa shape index (κ2) is 5.60. The minimum Gasteiger partial charge on any atom is -0.424 e. The van der Waals surface area contributed by atoms with Gasteiger partial charge in [-0.25, -0.2) is 0 Å². The van der Waals surface area contributed by atoms with Crippen molar-refractivity contribution in [1.82, 2.24) is 15.1 Å². The van der Waals surface area contributed by atoms with Crippen molar-refractivity contribution in [3.05, 3.63) is 11.8 Å². The first-order chi connectivity index (χ1) is 8.19. The molecule has 0 radical (unpaired) electrons.